The molecule has 0 fully saturated rings. The predicted molar refractivity (Wildman–Crippen MR) is 91.7 cm³/mol. The van der Waals surface area contributed by atoms with Gasteiger partial charge in [0.15, 0.2) is 0 Å². The number of nitrogens with one attached hydrogen (secondary N) is 3. The summed E-state index contributed by atoms with van der Waals surface area (Å²) in [5.74, 6) is -1.41. The second-order valence-electron chi connectivity index (χ2n) is 5.29. The lowest BCUT2D eigenvalue weighted by Gasteiger charge is -2.17. The van der Waals surface area contributed by atoms with Crippen LogP contribution < -0.4 is 27.6 Å². The summed E-state index contributed by atoms with van der Waals surface area (Å²) in [4.78, 5) is 34.5. The molecule has 9 nitrogen and oxygen atoms in total. The van der Waals surface area contributed by atoms with Crippen molar-refractivity contribution in [2.75, 3.05) is 19.6 Å². The van der Waals surface area contributed by atoms with E-state index in [9.17, 15) is 14.4 Å². The van der Waals surface area contributed by atoms with Crippen LogP contribution in [0.3, 0.4) is 0 Å². The van der Waals surface area contributed by atoms with Crippen molar-refractivity contribution in [2.24, 2.45) is 11.5 Å². The van der Waals surface area contributed by atoms with Crippen LogP contribution in [0, 0.1) is 0 Å². The molecule has 1 aromatic rings. The molecule has 1 aromatic carbocycles. The largest absolute Gasteiger partial charge is 0.460 e. The number of carbonyl (C=O) groups is 3. The number of primary amides is 1. The van der Waals surface area contributed by atoms with E-state index in [1.807, 2.05) is 30.3 Å². The van der Waals surface area contributed by atoms with Crippen molar-refractivity contribution >= 4 is 17.8 Å². The molecule has 25 heavy (non-hydrogen) atoms. The molecule has 1 rings (SSSR count). The number of esters is 1. The Morgan fingerprint density at radius 2 is 1.88 bits per heavy atom. The molecular weight excluding hydrogens is 326 g/mol. The van der Waals surface area contributed by atoms with Crippen LogP contribution in [-0.4, -0.2) is 43.5 Å². The van der Waals surface area contributed by atoms with Crippen LogP contribution >= 0.6 is 0 Å². The predicted octanol–water partition coefficient (Wildman–Crippen LogP) is -1.47. The van der Waals surface area contributed by atoms with Crippen LogP contribution in [0.15, 0.2) is 30.3 Å². The lowest BCUT2D eigenvalue weighted by Crippen LogP contribution is -2.51. The number of amides is 2. The standard InChI is InChI=1S/C16H25N5O4/c17-8-9-19-13(6-7-14(18)22)16(24)21-20-10-15(23)25-11-12-4-2-1-3-5-12/h1-5,13,19-20H,6-11,17H2,(H2,18,22)(H,21,24)/t13-/m0/s1. The van der Waals surface area contributed by atoms with E-state index in [0.29, 0.717) is 13.1 Å². The summed E-state index contributed by atoms with van der Waals surface area (Å²) >= 11 is 0. The quantitative estimate of drug-likeness (QED) is 0.228. The first-order valence-electron chi connectivity index (χ1n) is 7.97. The van der Waals surface area contributed by atoms with Crippen LogP contribution in [-0.2, 0) is 25.7 Å². The minimum absolute atomic E-state index is 0.0643. The van der Waals surface area contributed by atoms with Gasteiger partial charge in [0.05, 0.1) is 6.04 Å². The molecule has 0 heterocycles. The van der Waals surface area contributed by atoms with Gasteiger partial charge in [-0.05, 0) is 12.0 Å². The second kappa shape index (κ2) is 12.0. The van der Waals surface area contributed by atoms with Crippen LogP contribution in [0.2, 0.25) is 0 Å². The SMILES string of the molecule is NCCN[C@@H](CCC(N)=O)C(=O)NNCC(=O)OCc1ccccc1. The van der Waals surface area contributed by atoms with E-state index in [1.165, 1.54) is 0 Å². The molecule has 0 aromatic heterocycles. The zero-order chi connectivity index (χ0) is 18.5. The lowest BCUT2D eigenvalue weighted by atomic mass is 10.1. The minimum atomic E-state index is -0.635. The highest BCUT2D eigenvalue weighted by Crippen LogP contribution is 2.00. The number of nitrogens with two attached hydrogens (primary N) is 2. The molecule has 0 aliphatic rings. The van der Waals surface area contributed by atoms with Gasteiger partial charge in [-0.1, -0.05) is 30.3 Å². The number of hydrogen-bond acceptors (Lipinski definition) is 7. The fourth-order valence-corrected chi connectivity index (χ4v) is 1.95. The Bertz CT molecular complexity index is 553. The van der Waals surface area contributed by atoms with Gasteiger partial charge in [-0.25, -0.2) is 5.43 Å². The maximum Gasteiger partial charge on any atom is 0.322 e. The molecule has 0 radical (unpaired) electrons. The van der Waals surface area contributed by atoms with Crippen molar-refractivity contribution < 1.29 is 19.1 Å². The zero-order valence-corrected chi connectivity index (χ0v) is 14.0. The summed E-state index contributed by atoms with van der Waals surface area (Å²) in [5.41, 5.74) is 16.3. The normalized spacial score (nSPS) is 11.6. The Labute approximate surface area is 146 Å². The minimum Gasteiger partial charge on any atom is -0.460 e. The van der Waals surface area contributed by atoms with Gasteiger partial charge in [0.25, 0.3) is 5.91 Å². The molecule has 0 aliphatic heterocycles. The third kappa shape index (κ3) is 9.40. The maximum atomic E-state index is 12.0. The third-order valence-corrected chi connectivity index (χ3v) is 3.22. The van der Waals surface area contributed by atoms with Crippen LogP contribution in [0.4, 0.5) is 0 Å². The van der Waals surface area contributed by atoms with E-state index >= 15 is 0 Å². The maximum absolute atomic E-state index is 12.0. The van der Waals surface area contributed by atoms with Gasteiger partial charge in [0, 0.05) is 19.5 Å². The third-order valence-electron chi connectivity index (χ3n) is 3.22. The number of ether oxygens (including phenoxy) is 1. The molecule has 0 aliphatic carbocycles. The van der Waals surface area contributed by atoms with Gasteiger partial charge in [0.1, 0.15) is 13.2 Å². The second-order valence-corrected chi connectivity index (χ2v) is 5.29. The van der Waals surface area contributed by atoms with Crippen LogP contribution in [0.25, 0.3) is 0 Å². The van der Waals surface area contributed by atoms with E-state index in [4.69, 9.17) is 16.2 Å². The molecule has 9 heteroatoms. The van der Waals surface area contributed by atoms with E-state index in [0.717, 1.165) is 5.56 Å². The molecule has 0 saturated heterocycles. The molecule has 0 bridgehead atoms. The number of carbonyl (C=O) groups excluding carboxylic acids is 3. The molecule has 0 spiro atoms. The highest BCUT2D eigenvalue weighted by Gasteiger charge is 2.18. The van der Waals surface area contributed by atoms with Gasteiger partial charge in [-0.3, -0.25) is 19.8 Å². The highest BCUT2D eigenvalue weighted by atomic mass is 16.5. The van der Waals surface area contributed by atoms with Crippen molar-refractivity contribution in [3.05, 3.63) is 35.9 Å². The number of benzene rings is 1. The average molecular weight is 351 g/mol. The Balaban J connectivity index is 2.29. The Hall–Kier alpha value is -2.49. The lowest BCUT2D eigenvalue weighted by molar-refractivity contribution is -0.144. The summed E-state index contributed by atoms with van der Waals surface area (Å²) in [6.07, 6.45) is 0.302. The van der Waals surface area contributed by atoms with E-state index < -0.39 is 23.8 Å². The molecule has 0 saturated carbocycles. The molecule has 2 amide bonds. The van der Waals surface area contributed by atoms with E-state index in [2.05, 4.69) is 16.2 Å². The molecule has 7 N–H and O–H groups in total. The summed E-state index contributed by atoms with van der Waals surface area (Å²) < 4.78 is 5.07. The molecule has 1 atom stereocenters. The fourth-order valence-electron chi connectivity index (χ4n) is 1.95. The average Bonchev–Trinajstić information content (AvgIpc) is 2.60. The number of hydrogen-bond donors (Lipinski definition) is 5. The number of hydrazine groups is 1. The Morgan fingerprint density at radius 3 is 2.52 bits per heavy atom. The Kier molecular flexibility index (Phi) is 9.83. The van der Waals surface area contributed by atoms with Gasteiger partial charge in [0.2, 0.25) is 5.91 Å². The fraction of sp³-hybridized carbons (Fsp3) is 0.438. The Morgan fingerprint density at radius 1 is 1.16 bits per heavy atom. The monoisotopic (exact) mass is 351 g/mol. The van der Waals surface area contributed by atoms with E-state index in [1.54, 1.807) is 0 Å². The van der Waals surface area contributed by atoms with Crippen molar-refractivity contribution in [1.82, 2.24) is 16.2 Å². The van der Waals surface area contributed by atoms with Gasteiger partial charge in [-0.2, -0.15) is 0 Å². The first-order valence-corrected chi connectivity index (χ1v) is 7.97. The summed E-state index contributed by atoms with van der Waals surface area (Å²) in [7, 11) is 0. The van der Waals surface area contributed by atoms with Gasteiger partial charge < -0.3 is 21.5 Å². The summed E-state index contributed by atoms with van der Waals surface area (Å²) in [6, 6.07) is 8.62. The van der Waals surface area contributed by atoms with Crippen LogP contribution in [0.5, 0.6) is 0 Å². The molecule has 138 valence electrons. The zero-order valence-electron chi connectivity index (χ0n) is 14.0. The van der Waals surface area contributed by atoms with Crippen LogP contribution in [0.1, 0.15) is 18.4 Å². The molecule has 0 unspecified atom stereocenters. The first-order chi connectivity index (χ1) is 12.0. The number of rotatable bonds is 12. The van der Waals surface area contributed by atoms with Crippen molar-refractivity contribution in [3.63, 3.8) is 0 Å². The highest BCUT2D eigenvalue weighted by molar-refractivity contribution is 5.83. The van der Waals surface area contributed by atoms with Gasteiger partial charge in [-0.15, -0.1) is 0 Å². The topological polar surface area (TPSA) is 149 Å². The van der Waals surface area contributed by atoms with E-state index in [-0.39, 0.29) is 26.0 Å². The van der Waals surface area contributed by atoms with Gasteiger partial charge >= 0.3 is 5.97 Å². The summed E-state index contributed by atoms with van der Waals surface area (Å²) in [5, 5.41) is 2.91. The van der Waals surface area contributed by atoms with Crippen molar-refractivity contribution in [1.29, 1.82) is 0 Å². The smallest absolute Gasteiger partial charge is 0.322 e. The van der Waals surface area contributed by atoms with Crippen molar-refractivity contribution in [2.45, 2.75) is 25.5 Å². The van der Waals surface area contributed by atoms with Crippen molar-refractivity contribution in [3.8, 4) is 0 Å². The molecular formula is C16H25N5O4. The summed E-state index contributed by atoms with van der Waals surface area (Å²) in [6.45, 7) is 0.738. The first kappa shape index (κ1) is 20.6.